The van der Waals surface area contributed by atoms with Crippen molar-refractivity contribution in [2.75, 3.05) is 55.4 Å². The Kier molecular flexibility index (Phi) is 8.13. The van der Waals surface area contributed by atoms with Gasteiger partial charge in [0.05, 0.1) is 31.0 Å². The van der Waals surface area contributed by atoms with Crippen LogP contribution in [0.5, 0.6) is 0 Å². The zero-order chi connectivity index (χ0) is 24.6. The normalized spacial score (nSPS) is 13.5. The van der Waals surface area contributed by atoms with Crippen molar-refractivity contribution in [3.63, 3.8) is 0 Å². The van der Waals surface area contributed by atoms with Crippen molar-refractivity contribution < 1.29 is 14.3 Å². The van der Waals surface area contributed by atoms with Crippen molar-refractivity contribution in [3.8, 4) is 0 Å². The van der Waals surface area contributed by atoms with Gasteiger partial charge in [-0.15, -0.1) is 0 Å². The number of para-hydroxylation sites is 2. The second kappa shape index (κ2) is 11.6. The Balaban J connectivity index is 1.38. The number of aryl methyl sites for hydroxylation is 1. The SMILES string of the molecule is Cc1cccc(NC(=O)c2ccccc2NC(=O)CN(C)Cc2ccccc2N2CCOCC2)c1. The van der Waals surface area contributed by atoms with Crippen LogP contribution in [0, 0.1) is 6.92 Å². The number of nitrogens with one attached hydrogen (secondary N) is 2. The number of likely N-dealkylation sites (N-methyl/N-ethyl adjacent to an activating group) is 1. The van der Waals surface area contributed by atoms with E-state index in [1.165, 1.54) is 11.3 Å². The molecule has 2 amide bonds. The molecule has 3 aromatic carbocycles. The predicted octanol–water partition coefficient (Wildman–Crippen LogP) is 4.15. The van der Waals surface area contributed by atoms with Crippen LogP contribution in [0.15, 0.2) is 72.8 Å². The molecule has 35 heavy (non-hydrogen) atoms. The quantitative estimate of drug-likeness (QED) is 0.515. The van der Waals surface area contributed by atoms with E-state index in [2.05, 4.69) is 27.7 Å². The minimum atomic E-state index is -0.265. The van der Waals surface area contributed by atoms with Gasteiger partial charge in [0, 0.05) is 31.0 Å². The van der Waals surface area contributed by atoms with Crippen LogP contribution >= 0.6 is 0 Å². The number of nitrogens with zero attached hydrogens (tertiary/aromatic N) is 2. The van der Waals surface area contributed by atoms with Gasteiger partial charge in [-0.1, -0.05) is 42.5 Å². The van der Waals surface area contributed by atoms with Gasteiger partial charge in [0.25, 0.3) is 5.91 Å². The molecule has 4 rings (SSSR count). The van der Waals surface area contributed by atoms with Crippen molar-refractivity contribution in [3.05, 3.63) is 89.5 Å². The van der Waals surface area contributed by atoms with E-state index >= 15 is 0 Å². The van der Waals surface area contributed by atoms with Crippen LogP contribution in [-0.4, -0.2) is 56.6 Å². The van der Waals surface area contributed by atoms with Gasteiger partial charge in [-0.2, -0.15) is 0 Å². The topological polar surface area (TPSA) is 73.9 Å². The number of rotatable bonds is 8. The lowest BCUT2D eigenvalue weighted by atomic mass is 10.1. The maximum atomic E-state index is 12.9. The van der Waals surface area contributed by atoms with Gasteiger partial charge in [-0.05, 0) is 55.4 Å². The highest BCUT2D eigenvalue weighted by atomic mass is 16.5. The number of morpholine rings is 1. The second-order valence-electron chi connectivity index (χ2n) is 8.82. The fourth-order valence-corrected chi connectivity index (χ4v) is 4.25. The third-order valence-corrected chi connectivity index (χ3v) is 5.92. The molecule has 3 aromatic rings. The lowest BCUT2D eigenvalue weighted by Crippen LogP contribution is -2.37. The molecule has 7 heteroatoms. The van der Waals surface area contributed by atoms with Crippen molar-refractivity contribution in [1.29, 1.82) is 0 Å². The summed E-state index contributed by atoms with van der Waals surface area (Å²) in [4.78, 5) is 30.1. The van der Waals surface area contributed by atoms with E-state index in [9.17, 15) is 9.59 Å². The van der Waals surface area contributed by atoms with Crippen molar-refractivity contribution >= 4 is 28.9 Å². The maximum absolute atomic E-state index is 12.9. The van der Waals surface area contributed by atoms with Crippen LogP contribution in [-0.2, 0) is 16.1 Å². The first-order valence-electron chi connectivity index (χ1n) is 11.9. The largest absolute Gasteiger partial charge is 0.378 e. The van der Waals surface area contributed by atoms with E-state index in [1.807, 2.05) is 55.3 Å². The van der Waals surface area contributed by atoms with Gasteiger partial charge in [-0.3, -0.25) is 14.5 Å². The molecular weight excluding hydrogens is 440 g/mol. The summed E-state index contributed by atoms with van der Waals surface area (Å²) in [6.45, 7) is 5.99. The molecule has 1 fully saturated rings. The molecule has 0 aliphatic carbocycles. The van der Waals surface area contributed by atoms with E-state index in [-0.39, 0.29) is 18.4 Å². The highest BCUT2D eigenvalue weighted by molar-refractivity contribution is 6.10. The molecule has 1 heterocycles. The Labute approximate surface area is 206 Å². The van der Waals surface area contributed by atoms with Crippen LogP contribution in [0.3, 0.4) is 0 Å². The summed E-state index contributed by atoms with van der Waals surface area (Å²) in [6.07, 6.45) is 0. The van der Waals surface area contributed by atoms with E-state index in [0.29, 0.717) is 17.8 Å². The average Bonchev–Trinajstić information content (AvgIpc) is 2.85. The first kappa shape index (κ1) is 24.4. The predicted molar refractivity (Wildman–Crippen MR) is 140 cm³/mol. The van der Waals surface area contributed by atoms with Crippen LogP contribution in [0.4, 0.5) is 17.1 Å². The molecule has 0 saturated carbocycles. The fourth-order valence-electron chi connectivity index (χ4n) is 4.25. The van der Waals surface area contributed by atoms with Crippen LogP contribution in [0.25, 0.3) is 0 Å². The summed E-state index contributed by atoms with van der Waals surface area (Å²) < 4.78 is 5.48. The summed E-state index contributed by atoms with van der Waals surface area (Å²) in [7, 11) is 1.92. The van der Waals surface area contributed by atoms with E-state index in [4.69, 9.17) is 4.74 Å². The highest BCUT2D eigenvalue weighted by Crippen LogP contribution is 2.23. The Morgan fingerprint density at radius 2 is 1.69 bits per heavy atom. The van der Waals surface area contributed by atoms with Gasteiger partial charge in [-0.25, -0.2) is 0 Å². The standard InChI is InChI=1S/C28H32N4O3/c1-21-8-7-10-23(18-21)29-28(34)24-11-4-5-12-25(24)30-27(33)20-31(2)19-22-9-3-6-13-26(22)32-14-16-35-17-15-32/h3-13,18H,14-17,19-20H2,1-2H3,(H,29,34)(H,30,33). The summed E-state index contributed by atoms with van der Waals surface area (Å²) in [5.74, 6) is -0.438. The Hall–Kier alpha value is -3.68. The first-order chi connectivity index (χ1) is 17.0. The Morgan fingerprint density at radius 3 is 2.49 bits per heavy atom. The summed E-state index contributed by atoms with van der Waals surface area (Å²) in [6, 6.07) is 23.0. The van der Waals surface area contributed by atoms with Crippen LogP contribution < -0.4 is 15.5 Å². The van der Waals surface area contributed by atoms with E-state index in [1.54, 1.807) is 24.3 Å². The Bertz CT molecular complexity index is 1170. The number of hydrogen-bond acceptors (Lipinski definition) is 5. The molecule has 1 saturated heterocycles. The number of amides is 2. The molecular formula is C28H32N4O3. The molecule has 182 valence electrons. The molecule has 0 unspecified atom stereocenters. The molecule has 1 aliphatic rings. The van der Waals surface area contributed by atoms with Crippen LogP contribution in [0.2, 0.25) is 0 Å². The van der Waals surface area contributed by atoms with Gasteiger partial charge >= 0.3 is 0 Å². The lowest BCUT2D eigenvalue weighted by Gasteiger charge is -2.31. The number of hydrogen-bond donors (Lipinski definition) is 2. The van der Waals surface area contributed by atoms with Crippen molar-refractivity contribution in [1.82, 2.24) is 4.90 Å². The molecule has 1 aliphatic heterocycles. The molecule has 0 spiro atoms. The lowest BCUT2D eigenvalue weighted by molar-refractivity contribution is -0.117. The summed E-state index contributed by atoms with van der Waals surface area (Å²) in [5.41, 5.74) is 5.04. The van der Waals surface area contributed by atoms with E-state index < -0.39 is 0 Å². The third-order valence-electron chi connectivity index (χ3n) is 5.92. The van der Waals surface area contributed by atoms with Crippen LogP contribution in [0.1, 0.15) is 21.5 Å². The molecule has 0 bridgehead atoms. The zero-order valence-electron chi connectivity index (χ0n) is 20.3. The summed E-state index contributed by atoms with van der Waals surface area (Å²) >= 11 is 0. The molecule has 0 aromatic heterocycles. The van der Waals surface area contributed by atoms with Crippen molar-refractivity contribution in [2.24, 2.45) is 0 Å². The minimum Gasteiger partial charge on any atom is -0.378 e. The average molecular weight is 473 g/mol. The molecule has 2 N–H and O–H groups in total. The number of ether oxygens (including phenoxy) is 1. The van der Waals surface area contributed by atoms with Crippen molar-refractivity contribution in [2.45, 2.75) is 13.5 Å². The van der Waals surface area contributed by atoms with E-state index in [0.717, 1.165) is 37.6 Å². The monoisotopic (exact) mass is 472 g/mol. The molecule has 7 nitrogen and oxygen atoms in total. The number of carbonyl (C=O) groups excluding carboxylic acids is 2. The first-order valence-corrected chi connectivity index (χ1v) is 11.9. The van der Waals surface area contributed by atoms with Gasteiger partial charge < -0.3 is 20.3 Å². The van der Waals surface area contributed by atoms with Gasteiger partial charge in [0.15, 0.2) is 0 Å². The molecule has 0 atom stereocenters. The smallest absolute Gasteiger partial charge is 0.257 e. The maximum Gasteiger partial charge on any atom is 0.257 e. The van der Waals surface area contributed by atoms with Gasteiger partial charge in [0.1, 0.15) is 0 Å². The number of benzene rings is 3. The second-order valence-corrected chi connectivity index (χ2v) is 8.82. The molecule has 0 radical (unpaired) electrons. The number of anilines is 3. The fraction of sp³-hybridized carbons (Fsp3) is 0.286. The van der Waals surface area contributed by atoms with Gasteiger partial charge in [0.2, 0.25) is 5.91 Å². The highest BCUT2D eigenvalue weighted by Gasteiger charge is 2.17. The number of carbonyl (C=O) groups is 2. The summed E-state index contributed by atoms with van der Waals surface area (Å²) in [5, 5.41) is 5.82. The zero-order valence-corrected chi connectivity index (χ0v) is 20.3. The minimum absolute atomic E-state index is 0.174. The third kappa shape index (κ3) is 6.68. The Morgan fingerprint density at radius 1 is 0.943 bits per heavy atom.